The SMILES string of the molecule is CCOc1cc(N2CCNCC2C(=O)O)ccc1[N+](=O)[O-]. The smallest absolute Gasteiger partial charge is 0.327 e. The van der Waals surface area contributed by atoms with Gasteiger partial charge in [0.15, 0.2) is 5.75 Å². The summed E-state index contributed by atoms with van der Waals surface area (Å²) in [6.45, 7) is 3.54. The Morgan fingerprint density at radius 3 is 3.00 bits per heavy atom. The van der Waals surface area contributed by atoms with Crippen LogP contribution >= 0.6 is 0 Å². The van der Waals surface area contributed by atoms with Crippen molar-refractivity contribution in [2.24, 2.45) is 0 Å². The third kappa shape index (κ3) is 3.22. The Hall–Kier alpha value is -2.35. The molecule has 1 aromatic rings. The third-order valence-electron chi connectivity index (χ3n) is 3.30. The molecule has 1 atom stereocenters. The molecule has 0 aromatic heterocycles. The van der Waals surface area contributed by atoms with E-state index in [9.17, 15) is 20.0 Å². The van der Waals surface area contributed by atoms with E-state index >= 15 is 0 Å². The molecule has 8 heteroatoms. The standard InChI is InChI=1S/C13H17N3O5/c1-2-21-12-7-9(3-4-10(12)16(19)20)15-6-5-14-8-11(15)13(17)18/h3-4,7,11,14H,2,5-6,8H2,1H3,(H,17,18). The van der Waals surface area contributed by atoms with Crippen molar-refractivity contribution in [3.63, 3.8) is 0 Å². The number of hydrogen-bond donors (Lipinski definition) is 2. The third-order valence-corrected chi connectivity index (χ3v) is 3.30. The average Bonchev–Trinajstić information content (AvgIpc) is 2.47. The molecule has 114 valence electrons. The number of piperazine rings is 1. The molecule has 0 spiro atoms. The van der Waals surface area contributed by atoms with Crippen LogP contribution in [-0.2, 0) is 4.79 Å². The summed E-state index contributed by atoms with van der Waals surface area (Å²) in [4.78, 5) is 23.5. The number of nitro groups is 1. The molecule has 0 radical (unpaired) electrons. The Kier molecular flexibility index (Phi) is 4.59. The van der Waals surface area contributed by atoms with Crippen molar-refractivity contribution in [2.75, 3.05) is 31.1 Å². The number of nitrogens with one attached hydrogen (secondary N) is 1. The minimum Gasteiger partial charge on any atom is -0.487 e. The fraction of sp³-hybridized carbons (Fsp3) is 0.462. The van der Waals surface area contributed by atoms with E-state index in [4.69, 9.17) is 4.74 Å². The topological polar surface area (TPSA) is 105 Å². The molecule has 1 heterocycles. The molecule has 1 aliphatic rings. The van der Waals surface area contributed by atoms with E-state index in [0.29, 0.717) is 31.9 Å². The van der Waals surface area contributed by atoms with Gasteiger partial charge in [-0.1, -0.05) is 0 Å². The van der Waals surface area contributed by atoms with Gasteiger partial charge in [-0.25, -0.2) is 4.79 Å². The van der Waals surface area contributed by atoms with Gasteiger partial charge in [0.25, 0.3) is 0 Å². The highest BCUT2D eigenvalue weighted by Crippen LogP contribution is 2.32. The lowest BCUT2D eigenvalue weighted by molar-refractivity contribution is -0.385. The molecule has 8 nitrogen and oxygen atoms in total. The molecule has 1 fully saturated rings. The molecule has 0 saturated carbocycles. The fourth-order valence-electron chi connectivity index (χ4n) is 2.34. The summed E-state index contributed by atoms with van der Waals surface area (Å²) >= 11 is 0. The van der Waals surface area contributed by atoms with Crippen molar-refractivity contribution in [2.45, 2.75) is 13.0 Å². The maximum absolute atomic E-state index is 11.3. The summed E-state index contributed by atoms with van der Waals surface area (Å²) in [6, 6.07) is 3.74. The summed E-state index contributed by atoms with van der Waals surface area (Å²) < 4.78 is 5.29. The van der Waals surface area contributed by atoms with Crippen LogP contribution in [0.2, 0.25) is 0 Å². The molecule has 2 rings (SSSR count). The number of ether oxygens (including phenoxy) is 1. The lowest BCUT2D eigenvalue weighted by atomic mass is 10.1. The maximum Gasteiger partial charge on any atom is 0.327 e. The molecule has 21 heavy (non-hydrogen) atoms. The number of aliphatic carboxylic acids is 1. The highest BCUT2D eigenvalue weighted by molar-refractivity contribution is 5.79. The summed E-state index contributed by atoms with van der Waals surface area (Å²) in [5, 5.41) is 23.3. The van der Waals surface area contributed by atoms with Crippen LogP contribution in [0.3, 0.4) is 0 Å². The van der Waals surface area contributed by atoms with Crippen molar-refractivity contribution >= 4 is 17.3 Å². The number of nitrogens with zero attached hydrogens (tertiary/aromatic N) is 2. The highest BCUT2D eigenvalue weighted by Gasteiger charge is 2.29. The number of benzene rings is 1. The molecule has 1 unspecified atom stereocenters. The van der Waals surface area contributed by atoms with Gasteiger partial charge in [-0.2, -0.15) is 0 Å². The van der Waals surface area contributed by atoms with E-state index in [1.807, 2.05) is 0 Å². The zero-order chi connectivity index (χ0) is 15.4. The number of carboxylic acid groups (broad SMARTS) is 1. The molecular formula is C13H17N3O5. The average molecular weight is 295 g/mol. The van der Waals surface area contributed by atoms with Gasteiger partial charge in [0, 0.05) is 37.5 Å². The van der Waals surface area contributed by atoms with E-state index in [-0.39, 0.29) is 11.4 Å². The summed E-state index contributed by atoms with van der Waals surface area (Å²) in [6.07, 6.45) is 0. The Morgan fingerprint density at radius 2 is 2.38 bits per heavy atom. The van der Waals surface area contributed by atoms with E-state index in [0.717, 1.165) is 0 Å². The Bertz CT molecular complexity index is 549. The van der Waals surface area contributed by atoms with E-state index in [1.54, 1.807) is 17.9 Å². The quantitative estimate of drug-likeness (QED) is 0.613. The van der Waals surface area contributed by atoms with Crippen molar-refractivity contribution in [3.8, 4) is 5.75 Å². The van der Waals surface area contributed by atoms with Crippen molar-refractivity contribution in [1.82, 2.24) is 5.32 Å². The van der Waals surface area contributed by atoms with Crippen LogP contribution in [0.15, 0.2) is 18.2 Å². The first kappa shape index (κ1) is 15.0. The highest BCUT2D eigenvalue weighted by atomic mass is 16.6. The normalized spacial score (nSPS) is 18.3. The number of nitro benzene ring substituents is 1. The zero-order valence-corrected chi connectivity index (χ0v) is 11.6. The van der Waals surface area contributed by atoms with Gasteiger partial charge in [0.1, 0.15) is 6.04 Å². The number of hydrogen-bond acceptors (Lipinski definition) is 6. The van der Waals surface area contributed by atoms with Crippen LogP contribution in [0.25, 0.3) is 0 Å². The fourth-order valence-corrected chi connectivity index (χ4v) is 2.34. The van der Waals surface area contributed by atoms with Gasteiger partial charge >= 0.3 is 11.7 Å². The Balaban J connectivity index is 2.36. The largest absolute Gasteiger partial charge is 0.487 e. The molecule has 0 aliphatic carbocycles. The summed E-state index contributed by atoms with van der Waals surface area (Å²) in [7, 11) is 0. The van der Waals surface area contributed by atoms with Gasteiger partial charge in [-0.15, -0.1) is 0 Å². The van der Waals surface area contributed by atoms with Crippen LogP contribution < -0.4 is 15.0 Å². The Labute approximate surface area is 121 Å². The van der Waals surface area contributed by atoms with Crippen molar-refractivity contribution in [3.05, 3.63) is 28.3 Å². The predicted octanol–water partition coefficient (Wildman–Crippen LogP) is 0.856. The second-order valence-electron chi connectivity index (χ2n) is 4.59. The van der Waals surface area contributed by atoms with Crippen LogP contribution in [0.5, 0.6) is 5.75 Å². The Morgan fingerprint density at radius 1 is 1.62 bits per heavy atom. The zero-order valence-electron chi connectivity index (χ0n) is 11.6. The monoisotopic (exact) mass is 295 g/mol. The van der Waals surface area contributed by atoms with Gasteiger partial charge < -0.3 is 20.1 Å². The van der Waals surface area contributed by atoms with Gasteiger partial charge in [-0.05, 0) is 13.0 Å². The van der Waals surface area contributed by atoms with Gasteiger partial charge in [0.2, 0.25) is 0 Å². The second kappa shape index (κ2) is 6.40. The van der Waals surface area contributed by atoms with Gasteiger partial charge in [-0.3, -0.25) is 10.1 Å². The first-order valence-electron chi connectivity index (χ1n) is 6.66. The van der Waals surface area contributed by atoms with Crippen LogP contribution in [-0.4, -0.2) is 48.3 Å². The molecule has 0 bridgehead atoms. The molecule has 1 aliphatic heterocycles. The number of carboxylic acids is 1. The molecular weight excluding hydrogens is 278 g/mol. The first-order valence-corrected chi connectivity index (χ1v) is 6.66. The maximum atomic E-state index is 11.3. The van der Waals surface area contributed by atoms with E-state index < -0.39 is 16.9 Å². The van der Waals surface area contributed by atoms with E-state index in [1.165, 1.54) is 12.1 Å². The van der Waals surface area contributed by atoms with Gasteiger partial charge in [0.05, 0.1) is 11.5 Å². The number of anilines is 1. The van der Waals surface area contributed by atoms with Crippen molar-refractivity contribution < 1.29 is 19.6 Å². The van der Waals surface area contributed by atoms with Crippen LogP contribution in [0.1, 0.15) is 6.92 Å². The number of carbonyl (C=O) groups is 1. The first-order chi connectivity index (χ1) is 10.0. The lowest BCUT2D eigenvalue weighted by Crippen LogP contribution is -2.55. The minimum atomic E-state index is -0.932. The van der Waals surface area contributed by atoms with Crippen molar-refractivity contribution in [1.29, 1.82) is 0 Å². The minimum absolute atomic E-state index is 0.123. The van der Waals surface area contributed by atoms with Crippen LogP contribution in [0, 0.1) is 10.1 Å². The lowest BCUT2D eigenvalue weighted by Gasteiger charge is -2.35. The summed E-state index contributed by atoms with van der Waals surface area (Å²) in [5.41, 5.74) is 0.487. The second-order valence-corrected chi connectivity index (χ2v) is 4.59. The molecule has 1 saturated heterocycles. The molecule has 2 N–H and O–H groups in total. The number of rotatable bonds is 5. The molecule has 0 amide bonds. The van der Waals surface area contributed by atoms with Crippen LogP contribution in [0.4, 0.5) is 11.4 Å². The predicted molar refractivity (Wildman–Crippen MR) is 75.9 cm³/mol. The summed E-state index contributed by atoms with van der Waals surface area (Å²) in [5.74, 6) is -0.777. The molecule has 1 aromatic carbocycles. The van der Waals surface area contributed by atoms with E-state index in [2.05, 4.69) is 5.32 Å².